The number of hydrogen-bond acceptors (Lipinski definition) is 2. The Morgan fingerprint density at radius 2 is 2.12 bits per heavy atom. The minimum Gasteiger partial charge on any atom is -0.370 e. The summed E-state index contributed by atoms with van der Waals surface area (Å²) in [5.41, 5.74) is 4.82. The highest BCUT2D eigenvalue weighted by Crippen LogP contribution is 2.46. The summed E-state index contributed by atoms with van der Waals surface area (Å²) < 4.78 is 0. The van der Waals surface area contributed by atoms with Gasteiger partial charge >= 0.3 is 0 Å². The second-order valence-corrected chi connectivity index (χ2v) is 5.64. The van der Waals surface area contributed by atoms with Crippen LogP contribution in [0.25, 0.3) is 0 Å². The first-order valence-corrected chi connectivity index (χ1v) is 6.38. The lowest BCUT2D eigenvalue weighted by Gasteiger charge is -2.35. The van der Waals surface area contributed by atoms with Crippen molar-refractivity contribution in [3.8, 4) is 0 Å². The maximum Gasteiger partial charge on any atom is 0.0435 e. The lowest BCUT2D eigenvalue weighted by atomic mass is 9.83. The third-order valence-corrected chi connectivity index (χ3v) is 4.60. The minimum atomic E-state index is 0.800. The highest BCUT2D eigenvalue weighted by Gasteiger charge is 2.40. The molecule has 0 N–H and O–H groups in total. The van der Waals surface area contributed by atoms with Gasteiger partial charge in [-0.15, -0.1) is 0 Å². The fraction of sp³-hybridized carbons (Fsp3) is 0.571. The van der Waals surface area contributed by atoms with E-state index in [0.29, 0.717) is 0 Å². The van der Waals surface area contributed by atoms with Crippen molar-refractivity contribution in [2.24, 2.45) is 5.92 Å². The first-order valence-electron chi connectivity index (χ1n) is 6.38. The molecule has 1 aromatic carbocycles. The van der Waals surface area contributed by atoms with Crippen LogP contribution in [0.1, 0.15) is 17.0 Å². The first-order chi connectivity index (χ1) is 7.83. The standard InChI is InChI=1S/C14H18N2/c1-15-7-11-8-16-6-5-10-3-2-4-12(14(10)16)13(11)9-15/h2-4,11,13H,5-9H2,1H3/t11-,13-/m0/s1. The maximum absolute atomic E-state index is 2.63. The van der Waals surface area contributed by atoms with E-state index in [-0.39, 0.29) is 0 Å². The molecule has 2 atom stereocenters. The number of nitrogens with zero attached hydrogens (tertiary/aromatic N) is 2. The highest BCUT2D eigenvalue weighted by atomic mass is 15.2. The molecule has 0 bridgehead atoms. The Morgan fingerprint density at radius 1 is 1.19 bits per heavy atom. The molecular weight excluding hydrogens is 196 g/mol. The number of para-hydroxylation sites is 1. The smallest absolute Gasteiger partial charge is 0.0435 e. The number of anilines is 1. The molecule has 3 aliphatic rings. The van der Waals surface area contributed by atoms with E-state index in [1.165, 1.54) is 32.6 Å². The monoisotopic (exact) mass is 214 g/mol. The largest absolute Gasteiger partial charge is 0.370 e. The predicted molar refractivity (Wildman–Crippen MR) is 66.1 cm³/mol. The van der Waals surface area contributed by atoms with Crippen LogP contribution in [0.4, 0.5) is 5.69 Å². The van der Waals surface area contributed by atoms with Gasteiger partial charge in [0.15, 0.2) is 0 Å². The van der Waals surface area contributed by atoms with Gasteiger partial charge < -0.3 is 9.80 Å². The van der Waals surface area contributed by atoms with Gasteiger partial charge in [0.2, 0.25) is 0 Å². The van der Waals surface area contributed by atoms with Gasteiger partial charge in [-0.3, -0.25) is 0 Å². The molecule has 3 aliphatic heterocycles. The van der Waals surface area contributed by atoms with Gasteiger partial charge in [0.05, 0.1) is 0 Å². The van der Waals surface area contributed by atoms with Crippen LogP contribution in [-0.4, -0.2) is 38.1 Å². The van der Waals surface area contributed by atoms with E-state index in [4.69, 9.17) is 0 Å². The Bertz CT molecular complexity index is 440. The van der Waals surface area contributed by atoms with Crippen LogP contribution in [0, 0.1) is 5.92 Å². The van der Waals surface area contributed by atoms with Crippen LogP contribution in [0.15, 0.2) is 18.2 Å². The lowest BCUT2D eigenvalue weighted by Crippen LogP contribution is -2.35. The van der Waals surface area contributed by atoms with Crippen molar-refractivity contribution in [3.63, 3.8) is 0 Å². The number of fused-ring (bicyclic) bond motifs is 2. The van der Waals surface area contributed by atoms with Crippen molar-refractivity contribution in [1.29, 1.82) is 0 Å². The van der Waals surface area contributed by atoms with Gasteiger partial charge in [-0.05, 0) is 30.5 Å². The van der Waals surface area contributed by atoms with Gasteiger partial charge in [0, 0.05) is 37.8 Å². The van der Waals surface area contributed by atoms with Crippen LogP contribution >= 0.6 is 0 Å². The zero-order chi connectivity index (χ0) is 10.7. The van der Waals surface area contributed by atoms with E-state index >= 15 is 0 Å². The van der Waals surface area contributed by atoms with Gasteiger partial charge in [-0.2, -0.15) is 0 Å². The fourth-order valence-corrected chi connectivity index (χ4v) is 3.95. The summed E-state index contributed by atoms with van der Waals surface area (Å²) in [6, 6.07) is 6.95. The average Bonchev–Trinajstić information content (AvgIpc) is 2.84. The van der Waals surface area contributed by atoms with Gasteiger partial charge in [0.25, 0.3) is 0 Å². The summed E-state index contributed by atoms with van der Waals surface area (Å²) in [5.74, 6) is 1.67. The van der Waals surface area contributed by atoms with E-state index in [9.17, 15) is 0 Å². The Balaban J connectivity index is 1.87. The van der Waals surface area contributed by atoms with Crippen molar-refractivity contribution in [2.45, 2.75) is 12.3 Å². The highest BCUT2D eigenvalue weighted by molar-refractivity contribution is 5.66. The molecule has 1 saturated heterocycles. The SMILES string of the molecule is CN1C[C@H]2CN3CCc4cccc(c43)[C@H]2C1. The van der Waals surface area contributed by atoms with Crippen LogP contribution in [0.5, 0.6) is 0 Å². The fourth-order valence-electron chi connectivity index (χ4n) is 3.95. The Kier molecular flexibility index (Phi) is 1.70. The molecule has 0 radical (unpaired) electrons. The molecule has 0 saturated carbocycles. The molecule has 0 unspecified atom stereocenters. The minimum absolute atomic E-state index is 0.800. The maximum atomic E-state index is 2.63. The quantitative estimate of drug-likeness (QED) is 0.648. The van der Waals surface area contributed by atoms with E-state index in [1.807, 2.05) is 0 Å². The van der Waals surface area contributed by atoms with Gasteiger partial charge in [-0.25, -0.2) is 0 Å². The van der Waals surface area contributed by atoms with E-state index in [1.54, 1.807) is 16.8 Å². The molecule has 1 aromatic rings. The summed E-state index contributed by atoms with van der Waals surface area (Å²) >= 11 is 0. The Labute approximate surface area is 96.9 Å². The predicted octanol–water partition coefficient (Wildman–Crippen LogP) is 1.71. The molecule has 1 fully saturated rings. The van der Waals surface area contributed by atoms with Crippen LogP contribution in [0.3, 0.4) is 0 Å². The number of hydrogen-bond donors (Lipinski definition) is 0. The second kappa shape index (κ2) is 3.01. The van der Waals surface area contributed by atoms with E-state index in [2.05, 4.69) is 35.0 Å². The molecule has 0 spiro atoms. The molecule has 84 valence electrons. The molecule has 0 aromatic heterocycles. The number of likely N-dealkylation sites (tertiary alicyclic amines) is 1. The van der Waals surface area contributed by atoms with Crippen molar-refractivity contribution >= 4 is 5.69 Å². The zero-order valence-corrected chi connectivity index (χ0v) is 9.82. The molecule has 0 amide bonds. The molecule has 16 heavy (non-hydrogen) atoms. The van der Waals surface area contributed by atoms with E-state index < -0.39 is 0 Å². The van der Waals surface area contributed by atoms with Crippen molar-refractivity contribution in [1.82, 2.24) is 4.90 Å². The summed E-state index contributed by atoms with van der Waals surface area (Å²) in [6.45, 7) is 5.08. The van der Waals surface area contributed by atoms with Crippen LogP contribution < -0.4 is 4.90 Å². The second-order valence-electron chi connectivity index (χ2n) is 5.64. The van der Waals surface area contributed by atoms with Gasteiger partial charge in [-0.1, -0.05) is 18.2 Å². The van der Waals surface area contributed by atoms with Crippen molar-refractivity contribution < 1.29 is 0 Å². The molecular formula is C14H18N2. The average molecular weight is 214 g/mol. The van der Waals surface area contributed by atoms with E-state index in [0.717, 1.165) is 11.8 Å². The number of likely N-dealkylation sites (N-methyl/N-ethyl adjacent to an activating group) is 1. The Hall–Kier alpha value is -1.02. The van der Waals surface area contributed by atoms with Crippen molar-refractivity contribution in [2.75, 3.05) is 38.1 Å². The van der Waals surface area contributed by atoms with Crippen molar-refractivity contribution in [3.05, 3.63) is 29.3 Å². The summed E-state index contributed by atoms with van der Waals surface area (Å²) in [5, 5.41) is 0. The number of rotatable bonds is 0. The molecule has 2 heteroatoms. The van der Waals surface area contributed by atoms with Gasteiger partial charge in [0.1, 0.15) is 0 Å². The molecule has 4 rings (SSSR count). The summed E-state index contributed by atoms with van der Waals surface area (Å²) in [6.07, 6.45) is 1.26. The Morgan fingerprint density at radius 3 is 3.06 bits per heavy atom. The van der Waals surface area contributed by atoms with Crippen LogP contribution in [0.2, 0.25) is 0 Å². The first kappa shape index (κ1) is 9.06. The third-order valence-electron chi connectivity index (χ3n) is 4.60. The third kappa shape index (κ3) is 1.06. The summed E-state index contributed by atoms with van der Waals surface area (Å²) in [4.78, 5) is 5.13. The van der Waals surface area contributed by atoms with Crippen LogP contribution in [-0.2, 0) is 6.42 Å². The normalized spacial score (nSPS) is 31.7. The number of benzene rings is 1. The lowest BCUT2D eigenvalue weighted by molar-refractivity contribution is 0.395. The molecule has 0 aliphatic carbocycles. The molecule has 2 nitrogen and oxygen atoms in total. The zero-order valence-electron chi connectivity index (χ0n) is 9.82. The topological polar surface area (TPSA) is 6.48 Å². The summed E-state index contributed by atoms with van der Waals surface area (Å²) in [7, 11) is 2.26. The molecule has 3 heterocycles.